The van der Waals surface area contributed by atoms with Crippen molar-refractivity contribution in [1.29, 1.82) is 0 Å². The number of ether oxygens (including phenoxy) is 3. The number of aromatic nitrogens is 4. The average molecular weight is 378 g/mol. The van der Waals surface area contributed by atoms with Crippen LogP contribution in [0.2, 0.25) is 0 Å². The molecule has 0 unspecified atom stereocenters. The fourth-order valence-electron chi connectivity index (χ4n) is 3.64. The Morgan fingerprint density at radius 2 is 1.81 bits per heavy atom. The third-order valence-electron chi connectivity index (χ3n) is 5.22. The molecule has 2 aromatic rings. The molecular formula is C18H30N6O3+2. The minimum atomic E-state index is 0.0322. The average Bonchev–Trinajstić information content (AvgIpc) is 3.16. The summed E-state index contributed by atoms with van der Waals surface area (Å²) < 4.78 is 18.0. The van der Waals surface area contributed by atoms with Crippen LogP contribution in [0, 0.1) is 0 Å². The second-order valence-electron chi connectivity index (χ2n) is 6.92. The zero-order valence-corrected chi connectivity index (χ0v) is 16.6. The van der Waals surface area contributed by atoms with E-state index in [-0.39, 0.29) is 6.04 Å². The first-order valence-corrected chi connectivity index (χ1v) is 9.30. The Morgan fingerprint density at radius 1 is 1.07 bits per heavy atom. The Balaban J connectivity index is 1.99. The number of likely N-dealkylation sites (N-methyl/N-ethyl adjacent to an activating group) is 1. The van der Waals surface area contributed by atoms with Gasteiger partial charge in [-0.15, -0.1) is 5.10 Å². The van der Waals surface area contributed by atoms with Gasteiger partial charge in [-0.05, 0) is 28.6 Å². The Kier molecular flexibility index (Phi) is 6.59. The molecule has 0 spiro atoms. The van der Waals surface area contributed by atoms with Crippen LogP contribution in [0.4, 0.5) is 0 Å². The van der Waals surface area contributed by atoms with E-state index < -0.39 is 0 Å². The van der Waals surface area contributed by atoms with E-state index in [2.05, 4.69) is 28.6 Å². The number of methoxy groups -OCH3 is 3. The molecule has 1 atom stereocenters. The molecule has 3 rings (SSSR count). The molecule has 0 saturated carbocycles. The molecule has 9 heteroatoms. The minimum Gasteiger partial charge on any atom is -0.493 e. The lowest BCUT2D eigenvalue weighted by Crippen LogP contribution is -3.27. The van der Waals surface area contributed by atoms with Crippen molar-refractivity contribution < 1.29 is 24.0 Å². The van der Waals surface area contributed by atoms with Gasteiger partial charge in [0.2, 0.25) is 5.82 Å². The first-order chi connectivity index (χ1) is 13.2. The van der Waals surface area contributed by atoms with E-state index in [4.69, 9.17) is 14.2 Å². The quantitative estimate of drug-likeness (QED) is 0.545. The van der Waals surface area contributed by atoms with Crippen LogP contribution in [0.5, 0.6) is 11.5 Å². The number of nitrogens with one attached hydrogen (secondary N) is 2. The van der Waals surface area contributed by atoms with Gasteiger partial charge in [-0.2, -0.15) is 0 Å². The Morgan fingerprint density at radius 3 is 2.48 bits per heavy atom. The molecule has 27 heavy (non-hydrogen) atoms. The van der Waals surface area contributed by atoms with Crippen molar-refractivity contribution in [3.05, 3.63) is 29.6 Å². The lowest BCUT2D eigenvalue weighted by Gasteiger charge is -2.33. The normalized spacial score (nSPS) is 21.0. The van der Waals surface area contributed by atoms with Crippen molar-refractivity contribution in [3.63, 3.8) is 0 Å². The maximum Gasteiger partial charge on any atom is 0.214 e. The zero-order chi connectivity index (χ0) is 19.2. The van der Waals surface area contributed by atoms with Gasteiger partial charge < -0.3 is 24.0 Å². The van der Waals surface area contributed by atoms with E-state index in [0.29, 0.717) is 13.2 Å². The van der Waals surface area contributed by atoms with Gasteiger partial charge in [0.15, 0.2) is 17.5 Å². The van der Waals surface area contributed by atoms with Crippen LogP contribution in [0.15, 0.2) is 18.2 Å². The van der Waals surface area contributed by atoms with Crippen LogP contribution >= 0.6 is 0 Å². The molecule has 1 fully saturated rings. The largest absolute Gasteiger partial charge is 0.493 e. The smallest absolute Gasteiger partial charge is 0.214 e. The summed E-state index contributed by atoms with van der Waals surface area (Å²) in [6.45, 7) is 5.56. The summed E-state index contributed by atoms with van der Waals surface area (Å²) in [7, 11) is 7.23. The van der Waals surface area contributed by atoms with Crippen LogP contribution in [0.3, 0.4) is 0 Å². The van der Waals surface area contributed by atoms with E-state index >= 15 is 0 Å². The SMILES string of the molecule is COCCn1nnnc1[C@H](c1ccc(OC)c(OC)c1)[NH+]1CC[NH+](C)CC1. The van der Waals surface area contributed by atoms with Gasteiger partial charge in [0.1, 0.15) is 26.2 Å². The van der Waals surface area contributed by atoms with Crippen LogP contribution in [0.25, 0.3) is 0 Å². The maximum absolute atomic E-state index is 5.53. The molecule has 0 bridgehead atoms. The van der Waals surface area contributed by atoms with E-state index in [1.807, 2.05) is 16.8 Å². The van der Waals surface area contributed by atoms with Gasteiger partial charge >= 0.3 is 0 Å². The molecule has 2 heterocycles. The lowest BCUT2D eigenvalue weighted by molar-refractivity contribution is -1.02. The van der Waals surface area contributed by atoms with Crippen LogP contribution < -0.4 is 19.3 Å². The predicted octanol–water partition coefficient (Wildman–Crippen LogP) is -2.16. The lowest BCUT2D eigenvalue weighted by atomic mass is 10.0. The van der Waals surface area contributed by atoms with Gasteiger partial charge in [0, 0.05) is 12.7 Å². The van der Waals surface area contributed by atoms with E-state index in [1.54, 1.807) is 26.2 Å². The summed E-state index contributed by atoms with van der Waals surface area (Å²) in [6.07, 6.45) is 0. The second kappa shape index (κ2) is 9.12. The number of hydrogen-bond donors (Lipinski definition) is 2. The topological polar surface area (TPSA) is 80.2 Å². The van der Waals surface area contributed by atoms with E-state index in [9.17, 15) is 0 Å². The van der Waals surface area contributed by atoms with Crippen molar-refractivity contribution in [2.75, 3.05) is 61.2 Å². The highest BCUT2D eigenvalue weighted by molar-refractivity contribution is 5.44. The summed E-state index contributed by atoms with van der Waals surface area (Å²) in [5.74, 6) is 2.29. The molecular weight excluding hydrogens is 348 g/mol. The number of quaternary nitrogens is 2. The molecule has 1 aromatic heterocycles. The summed E-state index contributed by atoms with van der Waals surface area (Å²) >= 11 is 0. The first-order valence-electron chi connectivity index (χ1n) is 9.30. The third-order valence-corrected chi connectivity index (χ3v) is 5.22. The highest BCUT2D eigenvalue weighted by Gasteiger charge is 2.35. The molecule has 0 aliphatic carbocycles. The van der Waals surface area contributed by atoms with Gasteiger partial charge in [0.25, 0.3) is 0 Å². The van der Waals surface area contributed by atoms with Crippen LogP contribution in [-0.4, -0.2) is 81.4 Å². The molecule has 1 aliphatic rings. The minimum absolute atomic E-state index is 0.0322. The molecule has 1 aliphatic heterocycles. The molecule has 148 valence electrons. The van der Waals surface area contributed by atoms with Crippen LogP contribution in [-0.2, 0) is 11.3 Å². The van der Waals surface area contributed by atoms with Crippen molar-refractivity contribution in [3.8, 4) is 11.5 Å². The number of hydrogen-bond acceptors (Lipinski definition) is 6. The third kappa shape index (κ3) is 4.37. The fraction of sp³-hybridized carbons (Fsp3) is 0.611. The van der Waals surface area contributed by atoms with Crippen molar-refractivity contribution in [2.24, 2.45) is 0 Å². The highest BCUT2D eigenvalue weighted by atomic mass is 16.5. The number of benzene rings is 1. The maximum atomic E-state index is 5.53. The molecule has 9 nitrogen and oxygen atoms in total. The Hall–Kier alpha value is -2.23. The zero-order valence-electron chi connectivity index (χ0n) is 16.6. The van der Waals surface area contributed by atoms with Crippen LogP contribution in [0.1, 0.15) is 17.4 Å². The summed E-state index contributed by atoms with van der Waals surface area (Å²) in [5.41, 5.74) is 1.12. The second-order valence-corrected chi connectivity index (χ2v) is 6.92. The Labute approximate surface area is 159 Å². The van der Waals surface area contributed by atoms with Gasteiger partial charge in [-0.1, -0.05) is 0 Å². The van der Waals surface area contributed by atoms with E-state index in [0.717, 1.165) is 49.1 Å². The molecule has 1 aromatic carbocycles. The monoisotopic (exact) mass is 378 g/mol. The van der Waals surface area contributed by atoms with Crippen molar-refractivity contribution >= 4 is 0 Å². The molecule has 0 amide bonds. The first kappa shape index (κ1) is 19.5. The van der Waals surface area contributed by atoms with Gasteiger partial charge in [-0.25, -0.2) is 4.68 Å². The summed E-state index contributed by atoms with van der Waals surface area (Å²) in [5, 5.41) is 12.5. The summed E-state index contributed by atoms with van der Waals surface area (Å²) in [6, 6.07) is 6.10. The highest BCUT2D eigenvalue weighted by Crippen LogP contribution is 2.30. The van der Waals surface area contributed by atoms with Crippen molar-refractivity contribution in [1.82, 2.24) is 20.2 Å². The van der Waals surface area contributed by atoms with Crippen molar-refractivity contribution in [2.45, 2.75) is 12.6 Å². The van der Waals surface area contributed by atoms with E-state index in [1.165, 1.54) is 4.90 Å². The number of tetrazole rings is 1. The fourth-order valence-corrected chi connectivity index (χ4v) is 3.64. The van der Waals surface area contributed by atoms with Gasteiger partial charge in [0.05, 0.1) is 34.4 Å². The Bertz CT molecular complexity index is 730. The number of rotatable bonds is 8. The molecule has 1 saturated heterocycles. The number of piperazine rings is 1. The molecule has 0 radical (unpaired) electrons. The standard InChI is InChI=1S/C18H28N6O3/c1-22-7-9-23(10-8-22)17(18-19-20-21-24(18)11-12-25-2)14-5-6-15(26-3)16(13-14)27-4/h5-6,13,17H,7-12H2,1-4H3/p+2/t17-/m0/s1. The predicted molar refractivity (Wildman–Crippen MR) is 98.4 cm³/mol. The number of nitrogens with zero attached hydrogens (tertiary/aromatic N) is 4. The van der Waals surface area contributed by atoms with Gasteiger partial charge in [-0.3, -0.25) is 0 Å². The summed E-state index contributed by atoms with van der Waals surface area (Å²) in [4.78, 5) is 3.02. The molecule has 2 N–H and O–H groups in total.